The van der Waals surface area contributed by atoms with Gasteiger partial charge in [-0.25, -0.2) is 4.98 Å². The molecule has 0 bridgehead atoms. The number of benzene rings is 1. The lowest BCUT2D eigenvalue weighted by Gasteiger charge is -2.04. The molecule has 3 aromatic rings. The largest absolute Gasteiger partial charge is 0.355 e. The summed E-state index contributed by atoms with van der Waals surface area (Å²) in [6, 6.07) is 10.1. The Hall–Kier alpha value is -2.14. The lowest BCUT2D eigenvalue weighted by atomic mass is 10.1. The summed E-state index contributed by atoms with van der Waals surface area (Å²) >= 11 is 1.72. The number of hydrogen-bond donors (Lipinski definition) is 2. The molecule has 114 valence electrons. The van der Waals surface area contributed by atoms with Gasteiger partial charge in [0.15, 0.2) is 0 Å². The van der Waals surface area contributed by atoms with Gasteiger partial charge >= 0.3 is 0 Å². The van der Waals surface area contributed by atoms with E-state index in [9.17, 15) is 4.79 Å². The Morgan fingerprint density at radius 3 is 3.05 bits per heavy atom. The average molecular weight is 313 g/mol. The van der Waals surface area contributed by atoms with E-state index in [1.165, 1.54) is 4.88 Å². The first-order valence-electron chi connectivity index (χ1n) is 7.51. The highest BCUT2D eigenvalue weighted by molar-refractivity contribution is 7.09. The van der Waals surface area contributed by atoms with E-state index < -0.39 is 0 Å². The van der Waals surface area contributed by atoms with Crippen molar-refractivity contribution in [3.63, 3.8) is 0 Å². The van der Waals surface area contributed by atoms with E-state index in [4.69, 9.17) is 0 Å². The number of nitrogens with one attached hydrogen (secondary N) is 2. The van der Waals surface area contributed by atoms with E-state index in [1.54, 1.807) is 11.3 Å². The summed E-state index contributed by atoms with van der Waals surface area (Å²) in [5.41, 5.74) is 2.96. The van der Waals surface area contributed by atoms with Crippen molar-refractivity contribution in [1.29, 1.82) is 0 Å². The van der Waals surface area contributed by atoms with Crippen molar-refractivity contribution in [2.75, 3.05) is 6.54 Å². The summed E-state index contributed by atoms with van der Waals surface area (Å²) in [4.78, 5) is 21.1. The zero-order valence-corrected chi connectivity index (χ0v) is 13.4. The van der Waals surface area contributed by atoms with E-state index in [0.717, 1.165) is 35.3 Å². The van der Waals surface area contributed by atoms with Gasteiger partial charge in [-0.15, -0.1) is 11.3 Å². The zero-order chi connectivity index (χ0) is 15.4. The van der Waals surface area contributed by atoms with Crippen molar-refractivity contribution in [3.8, 4) is 0 Å². The molecule has 1 aromatic carbocycles. The van der Waals surface area contributed by atoms with Crippen LogP contribution >= 0.6 is 11.3 Å². The average Bonchev–Trinajstić information content (AvgIpc) is 3.15. The molecule has 5 heteroatoms. The molecule has 1 amide bonds. The number of fused-ring (bicyclic) bond motifs is 1. The molecule has 0 aliphatic heterocycles. The maximum Gasteiger partial charge on any atom is 0.224 e. The number of carbonyl (C=O) groups is 1. The van der Waals surface area contributed by atoms with Crippen LogP contribution in [-0.4, -0.2) is 22.4 Å². The molecule has 0 saturated heterocycles. The highest BCUT2D eigenvalue weighted by Crippen LogP contribution is 2.14. The van der Waals surface area contributed by atoms with Crippen LogP contribution in [0, 0.1) is 0 Å². The molecular weight excluding hydrogens is 294 g/mol. The first-order chi connectivity index (χ1) is 10.7. The number of imidazole rings is 1. The van der Waals surface area contributed by atoms with Crippen LogP contribution < -0.4 is 5.32 Å². The number of thiophene rings is 1. The Balaban J connectivity index is 1.56. The quantitative estimate of drug-likeness (QED) is 0.735. The van der Waals surface area contributed by atoms with E-state index in [0.29, 0.717) is 13.0 Å². The predicted octanol–water partition coefficient (Wildman–Crippen LogP) is 3.09. The van der Waals surface area contributed by atoms with E-state index in [2.05, 4.69) is 33.7 Å². The van der Waals surface area contributed by atoms with Crippen molar-refractivity contribution in [2.24, 2.45) is 0 Å². The van der Waals surface area contributed by atoms with Crippen LogP contribution in [-0.2, 0) is 24.1 Å². The summed E-state index contributed by atoms with van der Waals surface area (Å²) in [6.07, 6.45) is 2.18. The molecule has 2 N–H and O–H groups in total. The minimum atomic E-state index is 0.0612. The molecule has 0 atom stereocenters. The molecule has 0 fully saturated rings. The number of aromatic amines is 1. The second-order valence-electron chi connectivity index (χ2n) is 5.24. The maximum absolute atomic E-state index is 12.0. The second-order valence-corrected chi connectivity index (χ2v) is 6.28. The Morgan fingerprint density at radius 1 is 1.36 bits per heavy atom. The van der Waals surface area contributed by atoms with Crippen LogP contribution in [0.1, 0.15) is 23.2 Å². The van der Waals surface area contributed by atoms with Gasteiger partial charge in [0.1, 0.15) is 5.82 Å². The standard InChI is InChI=1S/C17H19N3OS/c1-2-16-19-14-6-5-12(10-15(14)20-16)11-17(21)18-8-7-13-4-3-9-22-13/h3-6,9-10H,2,7-8,11H2,1H3,(H,18,21)(H,19,20). The van der Waals surface area contributed by atoms with Crippen molar-refractivity contribution >= 4 is 28.3 Å². The lowest BCUT2D eigenvalue weighted by Crippen LogP contribution is -2.27. The van der Waals surface area contributed by atoms with Crippen molar-refractivity contribution in [2.45, 2.75) is 26.2 Å². The van der Waals surface area contributed by atoms with E-state index in [-0.39, 0.29) is 5.91 Å². The third-order valence-electron chi connectivity index (χ3n) is 3.57. The molecule has 0 aliphatic rings. The molecule has 0 aliphatic carbocycles. The van der Waals surface area contributed by atoms with Gasteiger partial charge in [-0.1, -0.05) is 19.1 Å². The third kappa shape index (κ3) is 3.54. The van der Waals surface area contributed by atoms with Gasteiger partial charge in [0.2, 0.25) is 5.91 Å². The SMILES string of the molecule is CCc1nc2ccc(CC(=O)NCCc3cccs3)cc2[nH]1. The summed E-state index contributed by atoms with van der Waals surface area (Å²) in [6.45, 7) is 2.76. The van der Waals surface area contributed by atoms with Gasteiger partial charge in [0.05, 0.1) is 17.5 Å². The summed E-state index contributed by atoms with van der Waals surface area (Å²) < 4.78 is 0. The molecule has 0 saturated carbocycles. The number of rotatable bonds is 6. The number of aromatic nitrogens is 2. The monoisotopic (exact) mass is 313 g/mol. The minimum Gasteiger partial charge on any atom is -0.355 e. The molecule has 0 spiro atoms. The molecule has 2 aromatic heterocycles. The van der Waals surface area contributed by atoms with Crippen molar-refractivity contribution in [3.05, 3.63) is 52.0 Å². The number of carbonyl (C=O) groups excluding carboxylic acids is 1. The van der Waals surface area contributed by atoms with Crippen LogP contribution in [0.3, 0.4) is 0 Å². The Kier molecular flexibility index (Phi) is 4.53. The van der Waals surface area contributed by atoms with Gasteiger partial charge in [0.25, 0.3) is 0 Å². The summed E-state index contributed by atoms with van der Waals surface area (Å²) in [5.74, 6) is 1.04. The molecular formula is C17H19N3OS. The maximum atomic E-state index is 12.0. The Bertz CT molecular complexity index is 761. The fraction of sp³-hybridized carbons (Fsp3) is 0.294. The topological polar surface area (TPSA) is 57.8 Å². The van der Waals surface area contributed by atoms with Gasteiger partial charge in [-0.2, -0.15) is 0 Å². The minimum absolute atomic E-state index is 0.0612. The number of amides is 1. The number of nitrogens with zero attached hydrogens (tertiary/aromatic N) is 1. The van der Waals surface area contributed by atoms with Crippen LogP contribution in [0.5, 0.6) is 0 Å². The normalized spacial score (nSPS) is 11.0. The second kappa shape index (κ2) is 6.75. The summed E-state index contributed by atoms with van der Waals surface area (Å²) in [5, 5.41) is 5.03. The van der Waals surface area contributed by atoms with Crippen LogP contribution in [0.2, 0.25) is 0 Å². The van der Waals surface area contributed by atoms with Gasteiger partial charge in [-0.05, 0) is 35.6 Å². The van der Waals surface area contributed by atoms with Gasteiger partial charge in [-0.3, -0.25) is 4.79 Å². The van der Waals surface area contributed by atoms with Gasteiger partial charge < -0.3 is 10.3 Å². The highest BCUT2D eigenvalue weighted by atomic mass is 32.1. The van der Waals surface area contributed by atoms with Crippen LogP contribution in [0.25, 0.3) is 11.0 Å². The summed E-state index contributed by atoms with van der Waals surface area (Å²) in [7, 11) is 0. The Morgan fingerprint density at radius 2 is 2.27 bits per heavy atom. The van der Waals surface area contributed by atoms with Crippen LogP contribution in [0.4, 0.5) is 0 Å². The predicted molar refractivity (Wildman–Crippen MR) is 90.2 cm³/mol. The number of aryl methyl sites for hydroxylation is 1. The highest BCUT2D eigenvalue weighted by Gasteiger charge is 2.06. The number of H-pyrrole nitrogens is 1. The molecule has 0 radical (unpaired) electrons. The molecule has 4 nitrogen and oxygen atoms in total. The first kappa shape index (κ1) is 14.8. The zero-order valence-electron chi connectivity index (χ0n) is 12.6. The van der Waals surface area contributed by atoms with Crippen molar-refractivity contribution < 1.29 is 4.79 Å². The van der Waals surface area contributed by atoms with Gasteiger partial charge in [0, 0.05) is 17.8 Å². The molecule has 22 heavy (non-hydrogen) atoms. The fourth-order valence-corrected chi connectivity index (χ4v) is 3.12. The lowest BCUT2D eigenvalue weighted by molar-refractivity contribution is -0.120. The first-order valence-corrected chi connectivity index (χ1v) is 8.39. The fourth-order valence-electron chi connectivity index (χ4n) is 2.41. The van der Waals surface area contributed by atoms with Crippen molar-refractivity contribution in [1.82, 2.24) is 15.3 Å². The van der Waals surface area contributed by atoms with E-state index >= 15 is 0 Å². The number of hydrogen-bond acceptors (Lipinski definition) is 3. The smallest absolute Gasteiger partial charge is 0.224 e. The Labute approximate surface area is 133 Å². The molecule has 3 rings (SSSR count). The van der Waals surface area contributed by atoms with E-state index in [1.807, 2.05) is 24.3 Å². The third-order valence-corrected chi connectivity index (χ3v) is 4.50. The molecule has 0 unspecified atom stereocenters. The molecule has 2 heterocycles. The van der Waals surface area contributed by atoms with Crippen LogP contribution in [0.15, 0.2) is 35.7 Å².